The first-order valence-corrected chi connectivity index (χ1v) is 6.49. The highest BCUT2D eigenvalue weighted by atomic mass is 16.5. The van der Waals surface area contributed by atoms with Crippen molar-refractivity contribution in [2.75, 3.05) is 25.0 Å². The van der Waals surface area contributed by atoms with Gasteiger partial charge in [-0.05, 0) is 18.9 Å². The minimum absolute atomic E-state index is 0.145. The first-order chi connectivity index (χ1) is 9.29. The Balaban J connectivity index is 1.90. The summed E-state index contributed by atoms with van der Waals surface area (Å²) < 4.78 is 5.53. The second-order valence-electron chi connectivity index (χ2n) is 4.48. The summed E-state index contributed by atoms with van der Waals surface area (Å²) in [6.07, 6.45) is 7.37. The zero-order valence-corrected chi connectivity index (χ0v) is 10.9. The number of hydrogen-bond acceptors (Lipinski definition) is 4. The number of hydrogen-bond donors (Lipinski definition) is 2. The van der Waals surface area contributed by atoms with Gasteiger partial charge < -0.3 is 15.4 Å². The lowest BCUT2D eigenvalue weighted by Crippen LogP contribution is -2.23. The first-order valence-electron chi connectivity index (χ1n) is 6.49. The van der Waals surface area contributed by atoms with Crippen molar-refractivity contribution in [1.29, 1.82) is 0 Å². The molecule has 1 saturated heterocycles. The molecule has 2 heterocycles. The number of carbonyl (C=O) groups excluding carboxylic acids is 1. The fourth-order valence-corrected chi connectivity index (χ4v) is 1.96. The highest BCUT2D eigenvalue weighted by molar-refractivity contribution is 5.94. The van der Waals surface area contributed by atoms with Gasteiger partial charge in [0.1, 0.15) is 0 Å². The molecule has 1 amide bonds. The van der Waals surface area contributed by atoms with E-state index < -0.39 is 0 Å². The Morgan fingerprint density at radius 2 is 2.47 bits per heavy atom. The van der Waals surface area contributed by atoms with E-state index in [9.17, 15) is 4.79 Å². The molecule has 1 aromatic heterocycles. The highest BCUT2D eigenvalue weighted by Crippen LogP contribution is 2.14. The van der Waals surface area contributed by atoms with E-state index in [2.05, 4.69) is 22.2 Å². The molecule has 0 aliphatic carbocycles. The van der Waals surface area contributed by atoms with Crippen LogP contribution in [0.15, 0.2) is 31.1 Å². The van der Waals surface area contributed by atoms with Crippen LogP contribution in [-0.2, 0) is 4.74 Å². The second-order valence-corrected chi connectivity index (χ2v) is 4.48. The Morgan fingerprint density at radius 3 is 3.21 bits per heavy atom. The lowest BCUT2D eigenvalue weighted by molar-refractivity contribution is 0.0957. The summed E-state index contributed by atoms with van der Waals surface area (Å²) in [4.78, 5) is 15.8. The van der Waals surface area contributed by atoms with Crippen molar-refractivity contribution in [3.05, 3.63) is 36.7 Å². The Morgan fingerprint density at radius 1 is 1.58 bits per heavy atom. The van der Waals surface area contributed by atoms with Gasteiger partial charge in [0.05, 0.1) is 17.4 Å². The Labute approximate surface area is 113 Å². The second kappa shape index (κ2) is 6.89. The standard InChI is InChI=1S/C14H19N3O2/c1-2-5-16-14(18)11-7-12(9-15-8-11)17-10-13-4-3-6-19-13/h2,7-9,13,17H,1,3-6,10H2,(H,16,18). The highest BCUT2D eigenvalue weighted by Gasteiger charge is 2.15. The number of anilines is 1. The van der Waals surface area contributed by atoms with E-state index in [0.29, 0.717) is 12.1 Å². The molecule has 1 aliphatic heterocycles. The third kappa shape index (κ3) is 4.06. The fraction of sp³-hybridized carbons (Fsp3) is 0.429. The van der Waals surface area contributed by atoms with Gasteiger partial charge >= 0.3 is 0 Å². The lowest BCUT2D eigenvalue weighted by Gasteiger charge is -2.12. The predicted molar refractivity (Wildman–Crippen MR) is 74.2 cm³/mol. The van der Waals surface area contributed by atoms with E-state index >= 15 is 0 Å². The predicted octanol–water partition coefficient (Wildman–Crippen LogP) is 1.59. The number of rotatable bonds is 6. The van der Waals surface area contributed by atoms with Gasteiger partial charge in [-0.2, -0.15) is 0 Å². The molecule has 0 aromatic carbocycles. The number of nitrogens with one attached hydrogen (secondary N) is 2. The molecule has 5 nitrogen and oxygen atoms in total. The molecular formula is C14H19N3O2. The number of nitrogens with zero attached hydrogens (tertiary/aromatic N) is 1. The van der Waals surface area contributed by atoms with Gasteiger partial charge in [0.15, 0.2) is 0 Å². The number of ether oxygens (including phenoxy) is 1. The molecule has 2 rings (SSSR count). The molecule has 1 aromatic rings. The van der Waals surface area contributed by atoms with Crippen molar-refractivity contribution in [2.45, 2.75) is 18.9 Å². The molecule has 0 saturated carbocycles. The minimum Gasteiger partial charge on any atom is -0.381 e. The smallest absolute Gasteiger partial charge is 0.253 e. The van der Waals surface area contributed by atoms with Crippen LogP contribution in [0.1, 0.15) is 23.2 Å². The molecule has 0 spiro atoms. The average Bonchev–Trinajstić information content (AvgIpc) is 2.96. The van der Waals surface area contributed by atoms with E-state index in [1.54, 1.807) is 24.5 Å². The van der Waals surface area contributed by atoms with Gasteiger partial charge in [0, 0.05) is 32.1 Å². The van der Waals surface area contributed by atoms with Gasteiger partial charge in [-0.3, -0.25) is 9.78 Å². The van der Waals surface area contributed by atoms with Crippen molar-refractivity contribution >= 4 is 11.6 Å². The number of aromatic nitrogens is 1. The first kappa shape index (κ1) is 13.5. The maximum absolute atomic E-state index is 11.8. The zero-order chi connectivity index (χ0) is 13.5. The normalized spacial score (nSPS) is 18.0. The van der Waals surface area contributed by atoms with E-state index in [4.69, 9.17) is 4.74 Å². The van der Waals surface area contributed by atoms with Crippen LogP contribution in [0.5, 0.6) is 0 Å². The van der Waals surface area contributed by atoms with Crippen LogP contribution in [0.3, 0.4) is 0 Å². The van der Waals surface area contributed by atoms with Crippen LogP contribution in [-0.4, -0.2) is 36.7 Å². The zero-order valence-electron chi connectivity index (χ0n) is 10.9. The lowest BCUT2D eigenvalue weighted by atomic mass is 10.2. The molecule has 5 heteroatoms. The largest absolute Gasteiger partial charge is 0.381 e. The molecule has 19 heavy (non-hydrogen) atoms. The minimum atomic E-state index is -0.145. The van der Waals surface area contributed by atoms with Crippen molar-refractivity contribution < 1.29 is 9.53 Å². The summed E-state index contributed by atoms with van der Waals surface area (Å²) >= 11 is 0. The summed E-state index contributed by atoms with van der Waals surface area (Å²) in [6, 6.07) is 1.79. The summed E-state index contributed by atoms with van der Waals surface area (Å²) in [5.41, 5.74) is 1.38. The molecular weight excluding hydrogens is 242 g/mol. The van der Waals surface area contributed by atoms with Gasteiger partial charge in [0.2, 0.25) is 0 Å². The fourth-order valence-electron chi connectivity index (χ4n) is 1.96. The van der Waals surface area contributed by atoms with Gasteiger partial charge in [-0.15, -0.1) is 6.58 Å². The summed E-state index contributed by atoms with van der Waals surface area (Å²) in [6.45, 7) is 5.60. The molecule has 1 fully saturated rings. The third-order valence-electron chi connectivity index (χ3n) is 2.97. The van der Waals surface area contributed by atoms with Crippen molar-refractivity contribution in [1.82, 2.24) is 10.3 Å². The monoisotopic (exact) mass is 261 g/mol. The van der Waals surface area contributed by atoms with Crippen LogP contribution >= 0.6 is 0 Å². The van der Waals surface area contributed by atoms with Crippen LogP contribution in [0.2, 0.25) is 0 Å². The van der Waals surface area contributed by atoms with E-state index in [0.717, 1.165) is 31.7 Å². The molecule has 1 unspecified atom stereocenters. The van der Waals surface area contributed by atoms with Gasteiger partial charge in [-0.1, -0.05) is 6.08 Å². The Bertz CT molecular complexity index is 442. The van der Waals surface area contributed by atoms with Crippen molar-refractivity contribution in [2.24, 2.45) is 0 Å². The molecule has 1 atom stereocenters. The van der Waals surface area contributed by atoms with Crippen molar-refractivity contribution in [3.8, 4) is 0 Å². The Kier molecular flexibility index (Phi) is 4.92. The summed E-state index contributed by atoms with van der Waals surface area (Å²) in [7, 11) is 0. The van der Waals surface area contributed by atoms with Gasteiger partial charge in [0.25, 0.3) is 5.91 Å². The number of amides is 1. The Hall–Kier alpha value is -1.88. The van der Waals surface area contributed by atoms with Crippen LogP contribution in [0, 0.1) is 0 Å². The van der Waals surface area contributed by atoms with Crippen LogP contribution in [0.25, 0.3) is 0 Å². The summed E-state index contributed by atoms with van der Waals surface area (Å²) in [5, 5.41) is 5.97. The topological polar surface area (TPSA) is 63.2 Å². The quantitative estimate of drug-likeness (QED) is 0.763. The molecule has 102 valence electrons. The molecule has 0 radical (unpaired) electrons. The maximum Gasteiger partial charge on any atom is 0.253 e. The molecule has 0 bridgehead atoms. The average molecular weight is 261 g/mol. The van der Waals surface area contributed by atoms with Gasteiger partial charge in [-0.25, -0.2) is 0 Å². The SMILES string of the molecule is C=CCNC(=O)c1cncc(NCC2CCCO2)c1. The van der Waals surface area contributed by atoms with Crippen LogP contribution < -0.4 is 10.6 Å². The maximum atomic E-state index is 11.8. The third-order valence-corrected chi connectivity index (χ3v) is 2.97. The number of pyridine rings is 1. The molecule has 1 aliphatic rings. The summed E-state index contributed by atoms with van der Waals surface area (Å²) in [5.74, 6) is -0.145. The van der Waals surface area contributed by atoms with Crippen molar-refractivity contribution in [3.63, 3.8) is 0 Å². The molecule has 2 N–H and O–H groups in total. The van der Waals surface area contributed by atoms with E-state index in [-0.39, 0.29) is 12.0 Å². The number of carbonyl (C=O) groups is 1. The van der Waals surface area contributed by atoms with E-state index in [1.165, 1.54) is 0 Å². The van der Waals surface area contributed by atoms with E-state index in [1.807, 2.05) is 0 Å². The van der Waals surface area contributed by atoms with Crippen LogP contribution in [0.4, 0.5) is 5.69 Å².